The van der Waals surface area contributed by atoms with Gasteiger partial charge in [-0.3, -0.25) is 0 Å². The Labute approximate surface area is 102 Å². The molecule has 2 nitrogen and oxygen atoms in total. The lowest BCUT2D eigenvalue weighted by atomic mass is 10.1. The molecule has 1 fully saturated rings. The summed E-state index contributed by atoms with van der Waals surface area (Å²) in [6, 6.07) is 0.735. The molecule has 2 rings (SSSR count). The highest BCUT2D eigenvalue weighted by Crippen LogP contribution is 2.34. The molecule has 1 N–H and O–H groups in total. The van der Waals surface area contributed by atoms with Crippen molar-refractivity contribution >= 4 is 11.3 Å². The van der Waals surface area contributed by atoms with E-state index in [1.54, 1.807) is 0 Å². The Kier molecular flexibility index (Phi) is 4.36. The Hall–Kier alpha value is -0.410. The molecule has 16 heavy (non-hydrogen) atoms. The van der Waals surface area contributed by atoms with Crippen LogP contribution in [0, 0.1) is 5.92 Å². The van der Waals surface area contributed by atoms with Crippen molar-refractivity contribution in [1.82, 2.24) is 10.3 Å². The van der Waals surface area contributed by atoms with Crippen LogP contribution in [0.25, 0.3) is 0 Å². The third-order valence-electron chi connectivity index (χ3n) is 3.26. The number of aromatic nitrogens is 1. The third-order valence-corrected chi connectivity index (χ3v) is 4.40. The summed E-state index contributed by atoms with van der Waals surface area (Å²) in [4.78, 5) is 5.85. The Morgan fingerprint density at radius 2 is 2.31 bits per heavy atom. The van der Waals surface area contributed by atoms with E-state index in [0.717, 1.165) is 24.9 Å². The first kappa shape index (κ1) is 12.1. The van der Waals surface area contributed by atoms with Crippen LogP contribution in [0.4, 0.5) is 0 Å². The maximum atomic E-state index is 4.45. The highest BCUT2D eigenvalue weighted by Gasteiger charge is 2.30. The van der Waals surface area contributed by atoms with Gasteiger partial charge in [0.2, 0.25) is 0 Å². The second-order valence-electron chi connectivity index (χ2n) is 4.69. The molecule has 0 aromatic carbocycles. The Bertz CT molecular complexity index is 317. The second kappa shape index (κ2) is 5.78. The van der Waals surface area contributed by atoms with E-state index in [-0.39, 0.29) is 0 Å². The van der Waals surface area contributed by atoms with Crippen molar-refractivity contribution in [2.24, 2.45) is 5.92 Å². The van der Waals surface area contributed by atoms with E-state index in [9.17, 15) is 0 Å². The number of rotatable bonds is 7. The first-order valence-electron chi connectivity index (χ1n) is 6.50. The zero-order chi connectivity index (χ0) is 11.4. The fourth-order valence-corrected chi connectivity index (χ4v) is 2.94. The Balaban J connectivity index is 1.80. The molecular weight excluding hydrogens is 216 g/mol. The molecule has 0 spiro atoms. The molecule has 1 aromatic heterocycles. The number of nitrogens with one attached hydrogen (secondary N) is 1. The molecule has 0 saturated heterocycles. The zero-order valence-corrected chi connectivity index (χ0v) is 11.1. The summed E-state index contributed by atoms with van der Waals surface area (Å²) >= 11 is 1.85. The van der Waals surface area contributed by atoms with Gasteiger partial charge >= 0.3 is 0 Å². The first-order chi connectivity index (χ1) is 7.83. The number of hydrogen-bond donors (Lipinski definition) is 1. The Morgan fingerprint density at radius 1 is 1.50 bits per heavy atom. The van der Waals surface area contributed by atoms with Crippen molar-refractivity contribution in [2.45, 2.75) is 58.5 Å². The third kappa shape index (κ3) is 3.29. The number of nitrogens with zero attached hydrogens (tertiary/aromatic N) is 1. The maximum Gasteiger partial charge on any atom is 0.107 e. The molecule has 0 bridgehead atoms. The standard InChI is InChI=1S/C13H22N2S/c1-3-5-12(10-6-7-10)14-9-13-15-8-11(4-2)16-13/h8,10,12,14H,3-7,9H2,1-2H3. The van der Waals surface area contributed by atoms with E-state index in [4.69, 9.17) is 0 Å². The summed E-state index contributed by atoms with van der Waals surface area (Å²) in [5.74, 6) is 0.950. The van der Waals surface area contributed by atoms with E-state index >= 15 is 0 Å². The van der Waals surface area contributed by atoms with Crippen LogP contribution in [0.1, 0.15) is 49.4 Å². The SMILES string of the molecule is CCCC(NCc1ncc(CC)s1)C1CC1. The van der Waals surface area contributed by atoms with Crippen LogP contribution in [-0.2, 0) is 13.0 Å². The van der Waals surface area contributed by atoms with Crippen LogP contribution in [-0.4, -0.2) is 11.0 Å². The molecule has 1 aliphatic rings. The first-order valence-corrected chi connectivity index (χ1v) is 7.32. The lowest BCUT2D eigenvalue weighted by Gasteiger charge is -2.16. The van der Waals surface area contributed by atoms with Gasteiger partial charge in [0, 0.05) is 23.7 Å². The minimum absolute atomic E-state index is 0.735. The van der Waals surface area contributed by atoms with E-state index in [1.807, 2.05) is 17.5 Å². The topological polar surface area (TPSA) is 24.9 Å². The van der Waals surface area contributed by atoms with Crippen molar-refractivity contribution in [1.29, 1.82) is 0 Å². The number of thiazole rings is 1. The van der Waals surface area contributed by atoms with Gasteiger partial charge < -0.3 is 5.32 Å². The summed E-state index contributed by atoms with van der Waals surface area (Å²) in [5.41, 5.74) is 0. The summed E-state index contributed by atoms with van der Waals surface area (Å²) in [6.45, 7) is 5.43. The minimum Gasteiger partial charge on any atom is -0.307 e. The average molecular weight is 238 g/mol. The van der Waals surface area contributed by atoms with Gasteiger partial charge in [-0.15, -0.1) is 11.3 Å². The summed E-state index contributed by atoms with van der Waals surface area (Å²) in [5, 5.41) is 4.93. The number of hydrogen-bond acceptors (Lipinski definition) is 3. The molecule has 1 atom stereocenters. The van der Waals surface area contributed by atoms with E-state index in [1.165, 1.54) is 35.6 Å². The van der Waals surface area contributed by atoms with Gasteiger partial charge in [-0.2, -0.15) is 0 Å². The van der Waals surface area contributed by atoms with E-state index < -0.39 is 0 Å². The van der Waals surface area contributed by atoms with Crippen LogP contribution in [0.2, 0.25) is 0 Å². The molecule has 0 amide bonds. The van der Waals surface area contributed by atoms with Gasteiger partial charge in [-0.1, -0.05) is 20.3 Å². The molecule has 1 unspecified atom stereocenters. The Morgan fingerprint density at radius 3 is 2.88 bits per heavy atom. The van der Waals surface area contributed by atoms with Gasteiger partial charge in [0.25, 0.3) is 0 Å². The summed E-state index contributed by atoms with van der Waals surface area (Å²) < 4.78 is 0. The second-order valence-corrected chi connectivity index (χ2v) is 5.89. The molecule has 1 aliphatic carbocycles. The van der Waals surface area contributed by atoms with Crippen molar-refractivity contribution < 1.29 is 0 Å². The van der Waals surface area contributed by atoms with Gasteiger partial charge in [0.15, 0.2) is 0 Å². The minimum atomic E-state index is 0.735. The predicted octanol–water partition coefficient (Wildman–Crippen LogP) is 3.37. The highest BCUT2D eigenvalue weighted by atomic mass is 32.1. The molecule has 90 valence electrons. The van der Waals surface area contributed by atoms with Crippen molar-refractivity contribution in [3.05, 3.63) is 16.1 Å². The maximum absolute atomic E-state index is 4.45. The molecule has 1 aromatic rings. The van der Waals surface area contributed by atoms with Gasteiger partial charge in [-0.25, -0.2) is 4.98 Å². The van der Waals surface area contributed by atoms with E-state index in [0.29, 0.717) is 0 Å². The summed E-state index contributed by atoms with van der Waals surface area (Å²) in [6.07, 6.45) is 8.58. The monoisotopic (exact) mass is 238 g/mol. The van der Waals surface area contributed by atoms with E-state index in [2.05, 4.69) is 24.1 Å². The van der Waals surface area contributed by atoms with Crippen molar-refractivity contribution in [3.8, 4) is 0 Å². The lowest BCUT2D eigenvalue weighted by molar-refractivity contribution is 0.429. The van der Waals surface area contributed by atoms with Crippen LogP contribution in [0.15, 0.2) is 6.20 Å². The van der Waals surface area contributed by atoms with Crippen LogP contribution in [0.3, 0.4) is 0 Å². The van der Waals surface area contributed by atoms with Crippen molar-refractivity contribution in [2.75, 3.05) is 0 Å². The molecule has 1 saturated carbocycles. The molecule has 0 radical (unpaired) electrons. The smallest absolute Gasteiger partial charge is 0.107 e. The van der Waals surface area contributed by atoms with Crippen LogP contribution >= 0.6 is 11.3 Å². The molecule has 0 aliphatic heterocycles. The average Bonchev–Trinajstić information content (AvgIpc) is 3.03. The lowest BCUT2D eigenvalue weighted by Crippen LogP contribution is -2.30. The van der Waals surface area contributed by atoms with Gasteiger partial charge in [-0.05, 0) is 31.6 Å². The highest BCUT2D eigenvalue weighted by molar-refractivity contribution is 7.11. The van der Waals surface area contributed by atoms with Gasteiger partial charge in [0.1, 0.15) is 5.01 Å². The molecule has 3 heteroatoms. The fourth-order valence-electron chi connectivity index (χ4n) is 2.13. The largest absolute Gasteiger partial charge is 0.307 e. The number of aryl methyl sites for hydroxylation is 1. The predicted molar refractivity (Wildman–Crippen MR) is 69.8 cm³/mol. The van der Waals surface area contributed by atoms with Crippen LogP contribution < -0.4 is 5.32 Å². The molecular formula is C13H22N2S. The van der Waals surface area contributed by atoms with Gasteiger partial charge in [0.05, 0.1) is 0 Å². The zero-order valence-electron chi connectivity index (χ0n) is 10.3. The van der Waals surface area contributed by atoms with Crippen LogP contribution in [0.5, 0.6) is 0 Å². The van der Waals surface area contributed by atoms with Crippen molar-refractivity contribution in [3.63, 3.8) is 0 Å². The quantitative estimate of drug-likeness (QED) is 0.788. The summed E-state index contributed by atoms with van der Waals surface area (Å²) in [7, 11) is 0. The molecule has 1 heterocycles. The normalized spacial score (nSPS) is 17.6. The fraction of sp³-hybridized carbons (Fsp3) is 0.769.